The lowest BCUT2D eigenvalue weighted by Crippen LogP contribution is -2.38. The molecule has 2 fully saturated rings. The number of fused-ring (bicyclic) bond motifs is 1. The van der Waals surface area contributed by atoms with Gasteiger partial charge >= 0.3 is 0 Å². The highest BCUT2D eigenvalue weighted by Gasteiger charge is 2.47. The summed E-state index contributed by atoms with van der Waals surface area (Å²) in [5, 5.41) is 0. The maximum atomic E-state index is 13.5. The van der Waals surface area contributed by atoms with E-state index in [0.29, 0.717) is 24.5 Å². The molecule has 2 aromatic carbocycles. The van der Waals surface area contributed by atoms with Crippen molar-refractivity contribution in [2.45, 2.75) is 44.4 Å². The van der Waals surface area contributed by atoms with Gasteiger partial charge < -0.3 is 9.80 Å². The van der Waals surface area contributed by atoms with Gasteiger partial charge in [0.15, 0.2) is 0 Å². The number of hydrogen-bond acceptors (Lipinski definition) is 3. The minimum absolute atomic E-state index is 0.105. The molecule has 4 rings (SSSR count). The highest BCUT2D eigenvalue weighted by molar-refractivity contribution is 5.80. The number of carbonyl (C=O) groups is 1. The van der Waals surface area contributed by atoms with Crippen LogP contribution in [0, 0.1) is 5.92 Å². The molecule has 154 valence electrons. The van der Waals surface area contributed by atoms with Gasteiger partial charge in [-0.25, -0.2) is 0 Å². The topological polar surface area (TPSA) is 26.8 Å². The second-order valence-corrected chi connectivity index (χ2v) is 8.92. The van der Waals surface area contributed by atoms with Crippen LogP contribution in [-0.4, -0.2) is 54.3 Å². The molecule has 1 amide bonds. The van der Waals surface area contributed by atoms with E-state index >= 15 is 0 Å². The standard InChI is InChI=1S/C25H33N3O/c1-26(2)17-20-12-7-8-13-21(20)18-27(3)25(29)22-16-24(19-10-5-4-6-11-19)28-15-9-14-23(22)28/h4-8,10-13,22-24H,9,14-18H2,1-3H3/t22-,23+,24-/m0/s1. The van der Waals surface area contributed by atoms with Crippen LogP contribution >= 0.6 is 0 Å². The van der Waals surface area contributed by atoms with Gasteiger partial charge in [-0.05, 0) is 56.6 Å². The average Bonchev–Trinajstić information content (AvgIpc) is 3.32. The van der Waals surface area contributed by atoms with Crippen LogP contribution in [0.3, 0.4) is 0 Å². The van der Waals surface area contributed by atoms with Gasteiger partial charge in [0.05, 0.1) is 5.92 Å². The van der Waals surface area contributed by atoms with E-state index in [1.807, 2.05) is 11.9 Å². The van der Waals surface area contributed by atoms with Gasteiger partial charge in [0.2, 0.25) is 5.91 Å². The van der Waals surface area contributed by atoms with Crippen LogP contribution in [0.1, 0.15) is 42.0 Å². The maximum absolute atomic E-state index is 13.5. The zero-order valence-electron chi connectivity index (χ0n) is 17.9. The summed E-state index contributed by atoms with van der Waals surface area (Å²) in [6, 6.07) is 20.0. The highest BCUT2D eigenvalue weighted by atomic mass is 16.2. The van der Waals surface area contributed by atoms with Crippen LogP contribution in [0.2, 0.25) is 0 Å². The summed E-state index contributed by atoms with van der Waals surface area (Å²) in [5.74, 6) is 0.411. The van der Waals surface area contributed by atoms with Crippen molar-refractivity contribution in [1.82, 2.24) is 14.7 Å². The first kappa shape index (κ1) is 20.1. The quantitative estimate of drug-likeness (QED) is 0.746. The van der Waals surface area contributed by atoms with Gasteiger partial charge in [-0.15, -0.1) is 0 Å². The van der Waals surface area contributed by atoms with Crippen LogP contribution in [-0.2, 0) is 17.9 Å². The monoisotopic (exact) mass is 391 g/mol. The Morgan fingerprint density at radius 3 is 2.31 bits per heavy atom. The maximum Gasteiger partial charge on any atom is 0.227 e. The molecular weight excluding hydrogens is 358 g/mol. The van der Waals surface area contributed by atoms with Crippen LogP contribution in [0.25, 0.3) is 0 Å². The third-order valence-corrected chi connectivity index (χ3v) is 6.57. The van der Waals surface area contributed by atoms with E-state index in [1.54, 1.807) is 0 Å². The molecule has 0 bridgehead atoms. The van der Waals surface area contributed by atoms with E-state index in [1.165, 1.54) is 23.1 Å². The molecular formula is C25H33N3O. The van der Waals surface area contributed by atoms with Crippen molar-refractivity contribution in [3.8, 4) is 0 Å². The molecule has 0 unspecified atom stereocenters. The molecule has 0 saturated carbocycles. The number of amides is 1. The van der Waals surface area contributed by atoms with Gasteiger partial charge in [-0.1, -0.05) is 54.6 Å². The van der Waals surface area contributed by atoms with Crippen molar-refractivity contribution in [1.29, 1.82) is 0 Å². The minimum atomic E-state index is 0.105. The Balaban J connectivity index is 1.49. The van der Waals surface area contributed by atoms with Crippen LogP contribution in [0.15, 0.2) is 54.6 Å². The summed E-state index contributed by atoms with van der Waals surface area (Å²) in [7, 11) is 6.15. The van der Waals surface area contributed by atoms with E-state index in [-0.39, 0.29) is 5.92 Å². The summed E-state index contributed by atoms with van der Waals surface area (Å²) in [4.78, 5) is 20.2. The molecule has 2 aliphatic rings. The highest BCUT2D eigenvalue weighted by Crippen LogP contribution is 2.45. The summed E-state index contributed by atoms with van der Waals surface area (Å²) in [6.07, 6.45) is 3.29. The summed E-state index contributed by atoms with van der Waals surface area (Å²) in [5.41, 5.74) is 3.90. The van der Waals surface area contributed by atoms with Crippen molar-refractivity contribution in [3.63, 3.8) is 0 Å². The Morgan fingerprint density at radius 2 is 1.62 bits per heavy atom. The number of nitrogens with zero attached hydrogens (tertiary/aromatic N) is 3. The van der Waals surface area contributed by atoms with Crippen LogP contribution in [0.5, 0.6) is 0 Å². The molecule has 4 heteroatoms. The number of benzene rings is 2. The Labute approximate surface area is 175 Å². The molecule has 0 spiro atoms. The molecule has 3 atom stereocenters. The first-order valence-electron chi connectivity index (χ1n) is 10.8. The lowest BCUT2D eigenvalue weighted by molar-refractivity contribution is -0.135. The van der Waals surface area contributed by atoms with Gasteiger partial charge in [0, 0.05) is 32.2 Å². The summed E-state index contributed by atoms with van der Waals surface area (Å²) in [6.45, 7) is 2.69. The predicted octanol–water partition coefficient (Wildman–Crippen LogP) is 3.93. The van der Waals surface area contributed by atoms with E-state index in [9.17, 15) is 4.79 Å². The fourth-order valence-corrected chi connectivity index (χ4v) is 5.26. The first-order valence-corrected chi connectivity index (χ1v) is 10.8. The second-order valence-electron chi connectivity index (χ2n) is 8.92. The molecule has 4 nitrogen and oxygen atoms in total. The van der Waals surface area contributed by atoms with Crippen molar-refractivity contribution in [2.75, 3.05) is 27.7 Å². The largest absolute Gasteiger partial charge is 0.341 e. The second kappa shape index (κ2) is 8.68. The van der Waals surface area contributed by atoms with E-state index in [4.69, 9.17) is 0 Å². The van der Waals surface area contributed by atoms with E-state index in [2.05, 4.69) is 78.5 Å². The molecule has 2 heterocycles. The number of rotatable bonds is 6. The van der Waals surface area contributed by atoms with Crippen LogP contribution < -0.4 is 0 Å². The Kier molecular flexibility index (Phi) is 6.02. The minimum Gasteiger partial charge on any atom is -0.341 e. The third kappa shape index (κ3) is 4.24. The van der Waals surface area contributed by atoms with E-state index in [0.717, 1.165) is 25.9 Å². The zero-order chi connectivity index (χ0) is 20.4. The Hall–Kier alpha value is -2.17. The van der Waals surface area contributed by atoms with Gasteiger partial charge in [-0.2, -0.15) is 0 Å². The molecule has 2 aliphatic heterocycles. The molecule has 29 heavy (non-hydrogen) atoms. The molecule has 2 aromatic rings. The number of carbonyl (C=O) groups excluding carboxylic acids is 1. The molecule has 0 N–H and O–H groups in total. The van der Waals surface area contributed by atoms with E-state index < -0.39 is 0 Å². The van der Waals surface area contributed by atoms with Gasteiger partial charge in [-0.3, -0.25) is 9.69 Å². The first-order chi connectivity index (χ1) is 14.0. The predicted molar refractivity (Wildman–Crippen MR) is 117 cm³/mol. The van der Waals surface area contributed by atoms with Crippen molar-refractivity contribution in [3.05, 3.63) is 71.3 Å². The van der Waals surface area contributed by atoms with Crippen molar-refractivity contribution < 1.29 is 4.79 Å². The lowest BCUT2D eigenvalue weighted by atomic mass is 9.93. The number of hydrogen-bond donors (Lipinski definition) is 0. The van der Waals surface area contributed by atoms with Gasteiger partial charge in [0.1, 0.15) is 0 Å². The summed E-state index contributed by atoms with van der Waals surface area (Å²) >= 11 is 0. The fraction of sp³-hybridized carbons (Fsp3) is 0.480. The van der Waals surface area contributed by atoms with Crippen molar-refractivity contribution >= 4 is 5.91 Å². The molecule has 0 aromatic heterocycles. The Bertz CT molecular complexity index is 835. The smallest absolute Gasteiger partial charge is 0.227 e. The average molecular weight is 392 g/mol. The third-order valence-electron chi connectivity index (χ3n) is 6.57. The molecule has 2 saturated heterocycles. The summed E-state index contributed by atoms with van der Waals surface area (Å²) < 4.78 is 0. The van der Waals surface area contributed by atoms with Crippen LogP contribution in [0.4, 0.5) is 0 Å². The Morgan fingerprint density at radius 1 is 0.966 bits per heavy atom. The fourth-order valence-electron chi connectivity index (χ4n) is 5.26. The zero-order valence-corrected chi connectivity index (χ0v) is 17.9. The molecule has 0 radical (unpaired) electrons. The van der Waals surface area contributed by atoms with Crippen molar-refractivity contribution in [2.24, 2.45) is 5.92 Å². The molecule has 0 aliphatic carbocycles. The van der Waals surface area contributed by atoms with Gasteiger partial charge in [0.25, 0.3) is 0 Å². The lowest BCUT2D eigenvalue weighted by Gasteiger charge is -2.26. The SMILES string of the molecule is CN(C)Cc1ccccc1CN(C)C(=O)[C@H]1C[C@@H](c2ccccc2)N2CCC[C@H]12. The normalized spacial score (nSPS) is 24.1.